The Labute approximate surface area is 184 Å². The lowest BCUT2D eigenvalue weighted by Crippen LogP contribution is -2.47. The lowest BCUT2D eigenvalue weighted by atomic mass is 10.00. The topological polar surface area (TPSA) is 122 Å². The van der Waals surface area contributed by atoms with Crippen LogP contribution in [0, 0.1) is 10.1 Å². The van der Waals surface area contributed by atoms with Gasteiger partial charge in [0.2, 0.25) is 11.2 Å². The number of pyridine rings is 2. The number of likely N-dealkylation sites (tertiary alicyclic amines) is 1. The maximum Gasteiger partial charge on any atom is 0.341 e. The summed E-state index contributed by atoms with van der Waals surface area (Å²) in [4.78, 5) is 44.8. The fraction of sp³-hybridized carbons (Fsp3) is 0.591. The fourth-order valence-electron chi connectivity index (χ4n) is 5.13. The number of hydrogen-bond donors (Lipinski definition) is 1. The summed E-state index contributed by atoms with van der Waals surface area (Å²) >= 11 is 0. The molecule has 3 aliphatic rings. The first-order chi connectivity index (χ1) is 15.4. The molecule has 32 heavy (non-hydrogen) atoms. The Morgan fingerprint density at radius 2 is 1.75 bits per heavy atom. The zero-order valence-corrected chi connectivity index (χ0v) is 17.9. The molecule has 170 valence electrons. The molecule has 1 N–H and O–H groups in total. The van der Waals surface area contributed by atoms with Crippen LogP contribution in [0.15, 0.2) is 17.1 Å². The summed E-state index contributed by atoms with van der Waals surface area (Å²) in [5, 5.41) is 21.3. The molecule has 2 aliphatic heterocycles. The van der Waals surface area contributed by atoms with Crippen LogP contribution in [-0.2, 0) is 0 Å². The number of nitrogens with zero attached hydrogens (tertiary/aromatic N) is 5. The molecule has 10 nitrogen and oxygen atoms in total. The number of carboxylic acid groups (broad SMARTS) is 1. The largest absolute Gasteiger partial charge is 0.477 e. The number of piperidine rings is 2. The highest BCUT2D eigenvalue weighted by Gasteiger charge is 2.33. The van der Waals surface area contributed by atoms with Gasteiger partial charge in [0.05, 0.1) is 10.3 Å². The van der Waals surface area contributed by atoms with E-state index < -0.39 is 16.3 Å². The Morgan fingerprint density at radius 1 is 1.06 bits per heavy atom. The van der Waals surface area contributed by atoms with Gasteiger partial charge in [0, 0.05) is 37.4 Å². The van der Waals surface area contributed by atoms with Crippen molar-refractivity contribution >= 4 is 28.5 Å². The quantitative estimate of drug-likeness (QED) is 0.555. The molecule has 0 spiro atoms. The zero-order valence-electron chi connectivity index (χ0n) is 17.9. The summed E-state index contributed by atoms with van der Waals surface area (Å²) in [7, 11) is 0. The first-order valence-corrected chi connectivity index (χ1v) is 11.4. The number of carbonyl (C=O) groups is 1. The molecule has 1 saturated carbocycles. The van der Waals surface area contributed by atoms with Crippen molar-refractivity contribution in [3.8, 4) is 0 Å². The van der Waals surface area contributed by atoms with Gasteiger partial charge in [0.1, 0.15) is 11.2 Å². The molecule has 0 atom stereocenters. The minimum Gasteiger partial charge on any atom is -0.477 e. The highest BCUT2D eigenvalue weighted by atomic mass is 16.6. The van der Waals surface area contributed by atoms with Gasteiger partial charge in [0.15, 0.2) is 0 Å². The molecule has 2 saturated heterocycles. The van der Waals surface area contributed by atoms with Crippen LogP contribution in [0.2, 0.25) is 0 Å². The normalized spacial score (nSPS) is 20.6. The van der Waals surface area contributed by atoms with Gasteiger partial charge in [-0.1, -0.05) is 6.42 Å². The molecule has 5 rings (SSSR count). The lowest BCUT2D eigenvalue weighted by molar-refractivity contribution is -0.384. The predicted octanol–water partition coefficient (Wildman–Crippen LogP) is 2.79. The van der Waals surface area contributed by atoms with Crippen LogP contribution in [0.4, 0.5) is 11.5 Å². The van der Waals surface area contributed by atoms with E-state index in [0.717, 1.165) is 38.8 Å². The number of aromatic nitrogens is 2. The molecule has 3 fully saturated rings. The second-order valence-electron chi connectivity index (χ2n) is 9.09. The molecule has 10 heteroatoms. The highest BCUT2D eigenvalue weighted by molar-refractivity contribution is 5.93. The van der Waals surface area contributed by atoms with E-state index in [1.54, 1.807) is 4.57 Å². The smallest absolute Gasteiger partial charge is 0.341 e. The third-order valence-corrected chi connectivity index (χ3v) is 7.00. The third kappa shape index (κ3) is 3.72. The van der Waals surface area contributed by atoms with E-state index in [1.807, 2.05) is 4.90 Å². The summed E-state index contributed by atoms with van der Waals surface area (Å²) in [6, 6.07) is 1.79. The van der Waals surface area contributed by atoms with Crippen LogP contribution in [-0.4, -0.2) is 62.7 Å². The number of fused-ring (bicyclic) bond motifs is 1. The van der Waals surface area contributed by atoms with Crippen molar-refractivity contribution in [1.29, 1.82) is 0 Å². The second-order valence-corrected chi connectivity index (χ2v) is 9.09. The van der Waals surface area contributed by atoms with Crippen LogP contribution in [0.5, 0.6) is 0 Å². The van der Waals surface area contributed by atoms with Crippen molar-refractivity contribution in [3.63, 3.8) is 0 Å². The Morgan fingerprint density at radius 3 is 2.34 bits per heavy atom. The number of anilines is 1. The van der Waals surface area contributed by atoms with E-state index in [4.69, 9.17) is 0 Å². The van der Waals surface area contributed by atoms with Crippen molar-refractivity contribution in [3.05, 3.63) is 38.2 Å². The van der Waals surface area contributed by atoms with Gasteiger partial charge < -0.3 is 19.5 Å². The van der Waals surface area contributed by atoms with Gasteiger partial charge in [-0.15, -0.1) is 0 Å². The standard InChI is InChI=1S/C22H27N5O5/c28-19-16-12-18(27(31)32)21(23-20(16)26(15-4-5-15)13-17(19)22(29)30)25-10-6-14(7-11-25)24-8-2-1-3-9-24/h12-15H,1-11H2,(H,29,30). The molecule has 0 unspecified atom stereocenters. The molecular formula is C22H27N5O5. The van der Waals surface area contributed by atoms with Gasteiger partial charge >= 0.3 is 11.7 Å². The molecule has 2 aromatic heterocycles. The first-order valence-electron chi connectivity index (χ1n) is 11.4. The van der Waals surface area contributed by atoms with Gasteiger partial charge in [-0.2, -0.15) is 0 Å². The molecule has 0 bridgehead atoms. The Hall–Kier alpha value is -3.01. The third-order valence-electron chi connectivity index (χ3n) is 7.00. The minimum atomic E-state index is -1.34. The minimum absolute atomic E-state index is 0.00421. The molecule has 0 amide bonds. The Balaban J connectivity index is 1.53. The van der Waals surface area contributed by atoms with E-state index in [9.17, 15) is 24.8 Å². The monoisotopic (exact) mass is 441 g/mol. The second kappa shape index (κ2) is 8.16. The van der Waals surface area contributed by atoms with Crippen molar-refractivity contribution in [2.45, 2.75) is 57.0 Å². The van der Waals surface area contributed by atoms with E-state index >= 15 is 0 Å². The van der Waals surface area contributed by atoms with Gasteiger partial charge in [-0.3, -0.25) is 14.9 Å². The summed E-state index contributed by atoms with van der Waals surface area (Å²) in [6.07, 6.45) is 8.67. The Bertz CT molecular complexity index is 1130. The fourth-order valence-corrected chi connectivity index (χ4v) is 5.13. The molecule has 4 heterocycles. The number of aromatic carboxylic acids is 1. The van der Waals surface area contributed by atoms with Gasteiger partial charge in [-0.25, -0.2) is 9.78 Å². The maximum absolute atomic E-state index is 12.8. The van der Waals surface area contributed by atoms with Crippen LogP contribution in [0.3, 0.4) is 0 Å². The van der Waals surface area contributed by atoms with Crippen molar-refractivity contribution in [2.24, 2.45) is 0 Å². The number of hydrogen-bond acceptors (Lipinski definition) is 7. The summed E-state index contributed by atoms with van der Waals surface area (Å²) < 4.78 is 1.72. The van der Waals surface area contributed by atoms with Crippen molar-refractivity contribution < 1.29 is 14.8 Å². The number of nitro groups is 1. The number of carboxylic acids is 1. The summed E-state index contributed by atoms with van der Waals surface area (Å²) in [6.45, 7) is 3.58. The van der Waals surface area contributed by atoms with Crippen LogP contribution < -0.4 is 10.3 Å². The van der Waals surface area contributed by atoms with Crippen molar-refractivity contribution in [2.75, 3.05) is 31.1 Å². The van der Waals surface area contributed by atoms with Crippen LogP contribution in [0.1, 0.15) is 61.3 Å². The zero-order chi connectivity index (χ0) is 22.4. The van der Waals surface area contributed by atoms with Gasteiger partial charge in [-0.05, 0) is 51.6 Å². The number of rotatable bonds is 5. The Kier molecular flexibility index (Phi) is 5.32. The van der Waals surface area contributed by atoms with Crippen LogP contribution >= 0.6 is 0 Å². The molecule has 0 aromatic carbocycles. The maximum atomic E-state index is 12.8. The first kappa shape index (κ1) is 20.9. The summed E-state index contributed by atoms with van der Waals surface area (Å²) in [5.41, 5.74) is -1.01. The van der Waals surface area contributed by atoms with E-state index in [1.165, 1.54) is 31.5 Å². The molecular weight excluding hydrogens is 414 g/mol. The van der Waals surface area contributed by atoms with Crippen LogP contribution in [0.25, 0.3) is 11.0 Å². The SMILES string of the molecule is O=C(O)c1cn(C2CC2)c2nc(N3CCC(N4CCCCC4)CC3)c([N+](=O)[O-])cc2c1=O. The average Bonchev–Trinajstić information content (AvgIpc) is 3.64. The molecule has 2 aromatic rings. The van der Waals surface area contributed by atoms with E-state index in [-0.39, 0.29) is 28.5 Å². The molecule has 1 aliphatic carbocycles. The molecule has 0 radical (unpaired) electrons. The average molecular weight is 441 g/mol. The van der Waals surface area contributed by atoms with E-state index in [2.05, 4.69) is 9.88 Å². The van der Waals surface area contributed by atoms with E-state index in [0.29, 0.717) is 24.8 Å². The predicted molar refractivity (Wildman–Crippen MR) is 119 cm³/mol. The van der Waals surface area contributed by atoms with Crippen molar-refractivity contribution in [1.82, 2.24) is 14.5 Å². The highest BCUT2D eigenvalue weighted by Crippen LogP contribution is 2.38. The van der Waals surface area contributed by atoms with Gasteiger partial charge in [0.25, 0.3) is 0 Å². The lowest BCUT2D eigenvalue weighted by Gasteiger charge is -2.40. The summed E-state index contributed by atoms with van der Waals surface area (Å²) in [5.74, 6) is -1.06.